The van der Waals surface area contributed by atoms with Crippen molar-refractivity contribution in [3.05, 3.63) is 11.6 Å². The molecule has 0 aliphatic rings. The van der Waals surface area contributed by atoms with Gasteiger partial charge in [0.15, 0.2) is 0 Å². The summed E-state index contributed by atoms with van der Waals surface area (Å²) in [5.74, 6) is -2.15. The molecule has 0 radical (unpaired) electrons. The molecule has 0 aromatic heterocycles. The van der Waals surface area contributed by atoms with Gasteiger partial charge in [-0.2, -0.15) is 0 Å². The number of alkyl halides is 2. The van der Waals surface area contributed by atoms with Crippen molar-refractivity contribution in [2.24, 2.45) is 0 Å². The second-order valence-corrected chi connectivity index (χ2v) is 3.19. The molecular formula is C11H16F2O4. The fourth-order valence-electron chi connectivity index (χ4n) is 0.890. The van der Waals surface area contributed by atoms with Crippen LogP contribution in [-0.2, 0) is 19.1 Å². The van der Waals surface area contributed by atoms with Crippen molar-refractivity contribution >= 4 is 11.9 Å². The molecule has 0 saturated heterocycles. The van der Waals surface area contributed by atoms with Gasteiger partial charge in [-0.05, 0) is 12.8 Å². The zero-order chi connectivity index (χ0) is 13.3. The summed E-state index contributed by atoms with van der Waals surface area (Å²) >= 11 is 0. The number of hydrogen-bond donors (Lipinski definition) is 0. The van der Waals surface area contributed by atoms with Crippen LogP contribution in [0.3, 0.4) is 0 Å². The van der Waals surface area contributed by atoms with E-state index in [2.05, 4.69) is 9.47 Å². The molecule has 17 heavy (non-hydrogen) atoms. The van der Waals surface area contributed by atoms with E-state index >= 15 is 0 Å². The average Bonchev–Trinajstić information content (AvgIpc) is 2.29. The van der Waals surface area contributed by atoms with Crippen LogP contribution in [0, 0.1) is 0 Å². The van der Waals surface area contributed by atoms with Gasteiger partial charge in [0.05, 0.1) is 13.2 Å². The van der Waals surface area contributed by atoms with E-state index in [4.69, 9.17) is 0 Å². The third kappa shape index (κ3) is 6.65. The summed E-state index contributed by atoms with van der Waals surface area (Å²) in [7, 11) is 0. The van der Waals surface area contributed by atoms with Crippen LogP contribution in [0.25, 0.3) is 0 Å². The topological polar surface area (TPSA) is 52.6 Å². The smallest absolute Gasteiger partial charge is 0.345 e. The monoisotopic (exact) mass is 250 g/mol. The third-order valence-electron chi connectivity index (χ3n) is 1.61. The van der Waals surface area contributed by atoms with E-state index in [9.17, 15) is 18.4 Å². The molecule has 0 aromatic carbocycles. The Balaban J connectivity index is 4.64. The summed E-state index contributed by atoms with van der Waals surface area (Å²) in [4.78, 5) is 22.6. The van der Waals surface area contributed by atoms with Gasteiger partial charge in [0, 0.05) is 6.08 Å². The van der Waals surface area contributed by atoms with Crippen LogP contribution in [0.2, 0.25) is 0 Å². The molecule has 0 bridgehead atoms. The average molecular weight is 250 g/mol. The van der Waals surface area contributed by atoms with Crippen LogP contribution in [0.5, 0.6) is 0 Å². The van der Waals surface area contributed by atoms with Gasteiger partial charge in [0.1, 0.15) is 5.57 Å². The molecular weight excluding hydrogens is 234 g/mol. The lowest BCUT2D eigenvalue weighted by atomic mass is 10.2. The first-order chi connectivity index (χ1) is 8.02. The SMILES string of the molecule is CCCOC(=O)C(=CC(F)F)C(=O)OCCC. The number of esters is 2. The molecule has 0 aliphatic carbocycles. The van der Waals surface area contributed by atoms with Crippen molar-refractivity contribution in [2.45, 2.75) is 33.1 Å². The molecule has 0 unspecified atom stereocenters. The highest BCUT2D eigenvalue weighted by molar-refractivity contribution is 6.14. The van der Waals surface area contributed by atoms with Crippen LogP contribution in [-0.4, -0.2) is 31.6 Å². The van der Waals surface area contributed by atoms with Gasteiger partial charge in [0.25, 0.3) is 6.43 Å². The maximum absolute atomic E-state index is 12.2. The maximum Gasteiger partial charge on any atom is 0.345 e. The summed E-state index contributed by atoms with van der Waals surface area (Å²) in [6.45, 7) is 3.64. The van der Waals surface area contributed by atoms with E-state index in [-0.39, 0.29) is 19.3 Å². The molecule has 0 rings (SSSR count). The maximum atomic E-state index is 12.2. The third-order valence-corrected chi connectivity index (χ3v) is 1.61. The molecule has 0 heterocycles. The van der Waals surface area contributed by atoms with Crippen molar-refractivity contribution in [2.75, 3.05) is 13.2 Å². The predicted octanol–water partition coefficient (Wildman–Crippen LogP) is 2.08. The fraction of sp³-hybridized carbons (Fsp3) is 0.636. The number of carbonyl (C=O) groups excluding carboxylic acids is 2. The Bertz CT molecular complexity index is 265. The number of carbonyl (C=O) groups is 2. The predicted molar refractivity (Wildman–Crippen MR) is 56.6 cm³/mol. The largest absolute Gasteiger partial charge is 0.462 e. The first kappa shape index (κ1) is 15.5. The number of allylic oxidation sites excluding steroid dienone is 1. The van der Waals surface area contributed by atoms with Gasteiger partial charge in [0.2, 0.25) is 0 Å². The summed E-state index contributed by atoms with van der Waals surface area (Å²) in [5, 5.41) is 0. The highest BCUT2D eigenvalue weighted by Crippen LogP contribution is 2.07. The molecule has 0 N–H and O–H groups in total. The van der Waals surface area contributed by atoms with E-state index in [1.165, 1.54) is 0 Å². The number of ether oxygens (including phenoxy) is 2. The highest BCUT2D eigenvalue weighted by atomic mass is 19.3. The Kier molecular flexibility index (Phi) is 7.92. The van der Waals surface area contributed by atoms with Crippen LogP contribution in [0.1, 0.15) is 26.7 Å². The zero-order valence-electron chi connectivity index (χ0n) is 9.87. The number of rotatable bonds is 7. The quantitative estimate of drug-likeness (QED) is 0.300. The van der Waals surface area contributed by atoms with Crippen molar-refractivity contribution in [1.82, 2.24) is 0 Å². The van der Waals surface area contributed by atoms with E-state index in [1.807, 2.05) is 0 Å². The Morgan fingerprint density at radius 3 is 1.76 bits per heavy atom. The zero-order valence-corrected chi connectivity index (χ0v) is 9.87. The first-order valence-corrected chi connectivity index (χ1v) is 5.37. The minimum absolute atomic E-state index is 0.0699. The second kappa shape index (κ2) is 8.66. The number of hydrogen-bond acceptors (Lipinski definition) is 4. The Labute approximate surface area is 98.6 Å². The summed E-state index contributed by atoms with van der Waals surface area (Å²) in [5.41, 5.74) is -0.748. The van der Waals surface area contributed by atoms with E-state index in [0.29, 0.717) is 12.8 Å². The van der Waals surface area contributed by atoms with Gasteiger partial charge in [-0.25, -0.2) is 18.4 Å². The van der Waals surface area contributed by atoms with Gasteiger partial charge in [-0.3, -0.25) is 0 Å². The van der Waals surface area contributed by atoms with Gasteiger partial charge in [-0.15, -0.1) is 0 Å². The Morgan fingerprint density at radius 1 is 1.06 bits per heavy atom. The molecule has 98 valence electrons. The summed E-state index contributed by atoms with van der Waals surface area (Å²) < 4.78 is 33.5. The molecule has 4 nitrogen and oxygen atoms in total. The van der Waals surface area contributed by atoms with Crippen LogP contribution in [0.4, 0.5) is 8.78 Å². The highest BCUT2D eigenvalue weighted by Gasteiger charge is 2.22. The number of halogens is 2. The minimum Gasteiger partial charge on any atom is -0.462 e. The molecule has 0 amide bonds. The second-order valence-electron chi connectivity index (χ2n) is 3.19. The van der Waals surface area contributed by atoms with Crippen molar-refractivity contribution in [3.63, 3.8) is 0 Å². The molecule has 0 aromatic rings. The molecule has 0 fully saturated rings. The van der Waals surface area contributed by atoms with Crippen LogP contribution >= 0.6 is 0 Å². The minimum atomic E-state index is -2.91. The standard InChI is InChI=1S/C11H16F2O4/c1-3-5-16-10(14)8(7-9(12)13)11(15)17-6-4-2/h7,9H,3-6H2,1-2H3. The first-order valence-electron chi connectivity index (χ1n) is 5.37. The fourth-order valence-corrected chi connectivity index (χ4v) is 0.890. The summed E-state index contributed by atoms with van der Waals surface area (Å²) in [6.07, 6.45) is -1.58. The lowest BCUT2D eigenvalue weighted by Crippen LogP contribution is -2.20. The van der Waals surface area contributed by atoms with Crippen molar-refractivity contribution < 1.29 is 27.8 Å². The van der Waals surface area contributed by atoms with Gasteiger partial charge < -0.3 is 9.47 Å². The lowest BCUT2D eigenvalue weighted by molar-refractivity contribution is -0.147. The van der Waals surface area contributed by atoms with E-state index < -0.39 is 23.9 Å². The van der Waals surface area contributed by atoms with Crippen molar-refractivity contribution in [1.29, 1.82) is 0 Å². The molecule has 0 aliphatic heterocycles. The van der Waals surface area contributed by atoms with E-state index in [1.54, 1.807) is 13.8 Å². The van der Waals surface area contributed by atoms with Crippen LogP contribution < -0.4 is 0 Å². The van der Waals surface area contributed by atoms with Crippen molar-refractivity contribution in [3.8, 4) is 0 Å². The molecule has 0 spiro atoms. The van der Waals surface area contributed by atoms with Gasteiger partial charge in [-0.1, -0.05) is 13.8 Å². The normalized spacial score (nSPS) is 9.94. The lowest BCUT2D eigenvalue weighted by Gasteiger charge is -2.07. The summed E-state index contributed by atoms with van der Waals surface area (Å²) in [6, 6.07) is 0. The molecule has 0 atom stereocenters. The van der Waals surface area contributed by atoms with E-state index in [0.717, 1.165) is 0 Å². The Morgan fingerprint density at radius 2 is 1.47 bits per heavy atom. The molecule has 6 heteroatoms. The Hall–Kier alpha value is -1.46. The van der Waals surface area contributed by atoms with Gasteiger partial charge >= 0.3 is 11.9 Å². The van der Waals surface area contributed by atoms with Crippen LogP contribution in [0.15, 0.2) is 11.6 Å². The molecule has 0 saturated carbocycles.